The molecular weight excluding hydrogens is 363 g/mol. The lowest BCUT2D eigenvalue weighted by molar-refractivity contribution is 0.143. The summed E-state index contributed by atoms with van der Waals surface area (Å²) in [5.74, 6) is -1.24. The minimum absolute atomic E-state index is 0.0181. The molecule has 1 aromatic carbocycles. The zero-order valence-corrected chi connectivity index (χ0v) is 14.3. The Bertz CT molecular complexity index is 1020. The molecule has 1 fully saturated rings. The number of hydrogen-bond donors (Lipinski definition) is 3. The standard InChI is InChI=1S/C16H17FN4O6/c1-19-6-26-15-12-9(14(23)8(5-21(12)19)27-16(24)25)11(18)10(17)13(15)20-3-2-7(22)4-20/h5,7,22H,2-4,6,18H2,1H3,(H,24,25). The Hall–Kier alpha value is -3.21. The summed E-state index contributed by atoms with van der Waals surface area (Å²) >= 11 is 0. The molecule has 0 radical (unpaired) electrons. The number of halogens is 1. The van der Waals surface area contributed by atoms with Crippen LogP contribution in [0.25, 0.3) is 10.9 Å². The van der Waals surface area contributed by atoms with Crippen molar-refractivity contribution >= 4 is 28.4 Å². The van der Waals surface area contributed by atoms with E-state index in [4.69, 9.17) is 15.6 Å². The molecule has 3 heterocycles. The minimum atomic E-state index is -1.67. The number of anilines is 2. The van der Waals surface area contributed by atoms with Gasteiger partial charge < -0.3 is 30.3 Å². The third-order valence-electron chi connectivity index (χ3n) is 4.74. The summed E-state index contributed by atoms with van der Waals surface area (Å²) in [6, 6.07) is 0. The zero-order valence-electron chi connectivity index (χ0n) is 14.3. The van der Waals surface area contributed by atoms with Crippen LogP contribution in [0.5, 0.6) is 11.5 Å². The van der Waals surface area contributed by atoms with Crippen LogP contribution in [0.3, 0.4) is 0 Å². The third-order valence-corrected chi connectivity index (χ3v) is 4.74. The van der Waals surface area contributed by atoms with Gasteiger partial charge in [-0.3, -0.25) is 14.5 Å². The van der Waals surface area contributed by atoms with Crippen LogP contribution in [0.4, 0.5) is 20.6 Å². The normalized spacial score (nSPS) is 18.7. The summed E-state index contributed by atoms with van der Waals surface area (Å²) in [5.41, 5.74) is 4.93. The van der Waals surface area contributed by atoms with Gasteiger partial charge in [0.2, 0.25) is 11.2 Å². The van der Waals surface area contributed by atoms with Crippen LogP contribution in [0, 0.1) is 5.82 Å². The highest BCUT2D eigenvalue weighted by Gasteiger charge is 2.34. The molecule has 4 rings (SSSR count). The summed E-state index contributed by atoms with van der Waals surface area (Å²) in [7, 11) is 1.64. The molecule has 1 saturated heterocycles. The molecule has 0 amide bonds. The number of rotatable bonds is 2. The van der Waals surface area contributed by atoms with Crippen molar-refractivity contribution in [2.45, 2.75) is 12.5 Å². The van der Waals surface area contributed by atoms with Crippen LogP contribution in [0.1, 0.15) is 6.42 Å². The first kappa shape index (κ1) is 17.2. The zero-order chi connectivity index (χ0) is 19.5. The molecule has 0 spiro atoms. The van der Waals surface area contributed by atoms with Gasteiger partial charge in [0.1, 0.15) is 11.2 Å². The molecule has 144 valence electrons. The average Bonchev–Trinajstić information content (AvgIpc) is 3.02. The maximum Gasteiger partial charge on any atom is 0.511 e. The molecule has 11 heteroatoms. The first-order valence-corrected chi connectivity index (χ1v) is 8.18. The van der Waals surface area contributed by atoms with E-state index in [0.29, 0.717) is 13.0 Å². The highest BCUT2D eigenvalue weighted by atomic mass is 19.1. The molecule has 0 saturated carbocycles. The fraction of sp³-hybridized carbons (Fsp3) is 0.375. The summed E-state index contributed by atoms with van der Waals surface area (Å²) < 4.78 is 26.8. The average molecular weight is 380 g/mol. The Labute approximate surface area is 151 Å². The SMILES string of the molecule is CN1COc2c(N3CCC(O)C3)c(F)c(N)c3c(=O)c(OC(=O)O)cn1c23. The lowest BCUT2D eigenvalue weighted by Gasteiger charge is -2.33. The molecule has 2 aromatic rings. The molecule has 4 N–H and O–H groups in total. The summed E-state index contributed by atoms with van der Waals surface area (Å²) in [6.45, 7) is 0.627. The largest absolute Gasteiger partial charge is 0.511 e. The molecule has 0 bridgehead atoms. The predicted octanol–water partition coefficient (Wildman–Crippen LogP) is 0.268. The number of nitrogens with two attached hydrogens (primary N) is 1. The van der Waals surface area contributed by atoms with Crippen LogP contribution in [0.2, 0.25) is 0 Å². The van der Waals surface area contributed by atoms with E-state index < -0.39 is 34.9 Å². The van der Waals surface area contributed by atoms with Crippen molar-refractivity contribution in [2.24, 2.45) is 0 Å². The highest BCUT2D eigenvalue weighted by molar-refractivity contribution is 6.01. The van der Waals surface area contributed by atoms with Gasteiger partial charge in [0.25, 0.3) is 0 Å². The summed E-state index contributed by atoms with van der Waals surface area (Å²) in [6.07, 6.45) is -0.608. The molecule has 10 nitrogen and oxygen atoms in total. The van der Waals surface area contributed by atoms with Crippen molar-refractivity contribution in [3.8, 4) is 11.5 Å². The first-order valence-electron chi connectivity index (χ1n) is 8.18. The lowest BCUT2D eigenvalue weighted by Crippen LogP contribution is -2.39. The molecule has 1 atom stereocenters. The van der Waals surface area contributed by atoms with E-state index in [0.717, 1.165) is 0 Å². The van der Waals surface area contributed by atoms with Gasteiger partial charge in [-0.1, -0.05) is 0 Å². The van der Waals surface area contributed by atoms with E-state index in [2.05, 4.69) is 4.74 Å². The topological polar surface area (TPSA) is 130 Å². The Balaban J connectivity index is 2.07. The van der Waals surface area contributed by atoms with Gasteiger partial charge >= 0.3 is 6.16 Å². The van der Waals surface area contributed by atoms with Gasteiger partial charge in [0.05, 0.1) is 23.4 Å². The van der Waals surface area contributed by atoms with Crippen molar-refractivity contribution in [2.75, 3.05) is 42.5 Å². The molecule has 2 aliphatic rings. The van der Waals surface area contributed by atoms with E-state index in [9.17, 15) is 14.7 Å². The lowest BCUT2D eigenvalue weighted by atomic mass is 10.1. The van der Waals surface area contributed by atoms with Crippen LogP contribution in [0.15, 0.2) is 11.0 Å². The number of carbonyl (C=O) groups is 1. The number of aromatic nitrogens is 1. The van der Waals surface area contributed by atoms with Gasteiger partial charge in [-0.15, -0.1) is 0 Å². The Morgan fingerprint density at radius 1 is 1.48 bits per heavy atom. The fourth-order valence-electron chi connectivity index (χ4n) is 3.52. The van der Waals surface area contributed by atoms with Crippen molar-refractivity contribution < 1.29 is 28.9 Å². The second kappa shape index (κ2) is 5.91. The van der Waals surface area contributed by atoms with E-state index in [1.54, 1.807) is 17.0 Å². The highest BCUT2D eigenvalue weighted by Crippen LogP contribution is 2.44. The number of hydrogen-bond acceptors (Lipinski definition) is 8. The number of ether oxygens (including phenoxy) is 2. The van der Waals surface area contributed by atoms with Gasteiger partial charge in [0, 0.05) is 20.1 Å². The number of aliphatic hydroxyl groups excluding tert-OH is 1. The smallest absolute Gasteiger partial charge is 0.467 e. The van der Waals surface area contributed by atoms with E-state index >= 15 is 4.39 Å². The quantitative estimate of drug-likeness (QED) is 0.496. The second-order valence-electron chi connectivity index (χ2n) is 6.48. The van der Waals surface area contributed by atoms with Crippen LogP contribution in [-0.2, 0) is 0 Å². The molecule has 0 aliphatic carbocycles. The molecule has 1 aromatic heterocycles. The number of carboxylic acid groups (broad SMARTS) is 1. The van der Waals surface area contributed by atoms with Crippen molar-refractivity contribution in [3.63, 3.8) is 0 Å². The molecule has 2 aliphatic heterocycles. The third kappa shape index (κ3) is 2.50. The van der Waals surface area contributed by atoms with Gasteiger partial charge in [-0.25, -0.2) is 9.18 Å². The second-order valence-corrected chi connectivity index (χ2v) is 6.48. The molecule has 27 heavy (non-hydrogen) atoms. The van der Waals surface area contributed by atoms with Gasteiger partial charge in [-0.05, 0) is 6.42 Å². The Morgan fingerprint density at radius 2 is 2.22 bits per heavy atom. The van der Waals surface area contributed by atoms with Gasteiger partial charge in [-0.2, -0.15) is 0 Å². The van der Waals surface area contributed by atoms with Crippen LogP contribution < -0.4 is 30.5 Å². The number of benzene rings is 1. The molecular formula is C16H17FN4O6. The Kier molecular flexibility index (Phi) is 3.77. The monoisotopic (exact) mass is 380 g/mol. The van der Waals surface area contributed by atoms with Crippen molar-refractivity contribution in [3.05, 3.63) is 22.2 Å². The van der Waals surface area contributed by atoms with Gasteiger partial charge in [0.15, 0.2) is 18.3 Å². The summed E-state index contributed by atoms with van der Waals surface area (Å²) in [5, 5.41) is 20.0. The van der Waals surface area contributed by atoms with Crippen molar-refractivity contribution in [1.29, 1.82) is 0 Å². The molecule has 1 unspecified atom stereocenters. The van der Waals surface area contributed by atoms with E-state index in [1.165, 1.54) is 10.9 Å². The maximum atomic E-state index is 15.1. The van der Waals surface area contributed by atoms with Crippen molar-refractivity contribution in [1.82, 2.24) is 4.68 Å². The van der Waals surface area contributed by atoms with Crippen LogP contribution >= 0.6 is 0 Å². The maximum absolute atomic E-state index is 15.1. The van der Waals surface area contributed by atoms with E-state index in [1.807, 2.05) is 0 Å². The number of nitrogens with zero attached hydrogens (tertiary/aromatic N) is 3. The Morgan fingerprint density at radius 3 is 2.85 bits per heavy atom. The predicted molar refractivity (Wildman–Crippen MR) is 93.7 cm³/mol. The number of pyridine rings is 1. The number of nitrogen functional groups attached to an aromatic ring is 1. The first-order chi connectivity index (χ1) is 12.8. The van der Waals surface area contributed by atoms with Crippen LogP contribution in [-0.4, -0.2) is 54.0 Å². The van der Waals surface area contributed by atoms with E-state index in [-0.39, 0.29) is 35.6 Å². The summed E-state index contributed by atoms with van der Waals surface area (Å²) in [4.78, 5) is 25.2. The minimum Gasteiger partial charge on any atom is -0.467 e. The number of aliphatic hydroxyl groups is 1. The fourth-order valence-corrected chi connectivity index (χ4v) is 3.52. The number of β-amino-alcohol motifs (C(OH)–C–C–N with tert-alkyl or cyclic N) is 1.